The minimum absolute atomic E-state index is 0.0127. The summed E-state index contributed by atoms with van der Waals surface area (Å²) in [4.78, 5) is 0. The fourth-order valence-electron chi connectivity index (χ4n) is 6.49. The van der Waals surface area contributed by atoms with E-state index in [1.165, 1.54) is 0 Å². The predicted molar refractivity (Wildman–Crippen MR) is 113 cm³/mol. The summed E-state index contributed by atoms with van der Waals surface area (Å²) in [5.41, 5.74) is -6.76. The van der Waals surface area contributed by atoms with Gasteiger partial charge in [-0.3, -0.25) is 0 Å². The SMILES string of the molecule is CC(C)(O)CCCC(C)(C/C=C/C(O)(C(F)(F)F)C(F)(F)F)C1CCC2C(O)CCCC21C. The molecular weight excluding hydrogens is 450 g/mol. The van der Waals surface area contributed by atoms with Crippen LogP contribution in [0.5, 0.6) is 0 Å². The number of hydrogen-bond acceptors (Lipinski definition) is 3. The molecule has 2 aliphatic carbocycles. The molecule has 0 saturated heterocycles. The molecule has 33 heavy (non-hydrogen) atoms. The molecular formula is C24H38F6O3. The predicted octanol–water partition coefficient (Wildman–Crippen LogP) is 6.31. The number of rotatable bonds is 8. The average Bonchev–Trinajstić information content (AvgIpc) is 2.97. The van der Waals surface area contributed by atoms with Gasteiger partial charge in [-0.1, -0.05) is 32.8 Å². The van der Waals surface area contributed by atoms with Crippen LogP contribution in [0.15, 0.2) is 12.2 Å². The van der Waals surface area contributed by atoms with Gasteiger partial charge in [-0.15, -0.1) is 0 Å². The fraction of sp³-hybridized carbons (Fsp3) is 0.917. The van der Waals surface area contributed by atoms with Crippen LogP contribution in [-0.4, -0.2) is 45.0 Å². The molecule has 0 aliphatic heterocycles. The van der Waals surface area contributed by atoms with Gasteiger partial charge in [0.05, 0.1) is 11.7 Å². The van der Waals surface area contributed by atoms with Crippen molar-refractivity contribution in [1.82, 2.24) is 0 Å². The monoisotopic (exact) mass is 488 g/mol. The summed E-state index contributed by atoms with van der Waals surface area (Å²) in [6.07, 6.45) is -6.29. The lowest BCUT2D eigenvalue weighted by molar-refractivity contribution is -0.347. The van der Waals surface area contributed by atoms with Gasteiger partial charge in [0.1, 0.15) is 0 Å². The van der Waals surface area contributed by atoms with Gasteiger partial charge in [0.15, 0.2) is 0 Å². The van der Waals surface area contributed by atoms with Crippen molar-refractivity contribution < 1.29 is 41.7 Å². The topological polar surface area (TPSA) is 60.7 Å². The number of halogens is 6. The van der Waals surface area contributed by atoms with Crippen molar-refractivity contribution in [2.45, 2.75) is 115 Å². The first-order valence-electron chi connectivity index (χ1n) is 11.7. The van der Waals surface area contributed by atoms with Crippen LogP contribution >= 0.6 is 0 Å². The Labute approximate surface area is 192 Å². The Bertz CT molecular complexity index is 682. The van der Waals surface area contributed by atoms with E-state index in [1.807, 2.05) is 6.92 Å². The lowest BCUT2D eigenvalue weighted by atomic mass is 9.56. The summed E-state index contributed by atoms with van der Waals surface area (Å²) in [7, 11) is 0. The molecule has 0 spiro atoms. The number of aliphatic hydroxyl groups is 3. The quantitative estimate of drug-likeness (QED) is 0.277. The molecule has 0 bridgehead atoms. The van der Waals surface area contributed by atoms with Crippen LogP contribution in [0.4, 0.5) is 26.3 Å². The molecule has 5 atom stereocenters. The summed E-state index contributed by atoms with van der Waals surface area (Å²) in [5, 5.41) is 30.1. The Morgan fingerprint density at radius 1 is 0.909 bits per heavy atom. The summed E-state index contributed by atoms with van der Waals surface area (Å²) in [6.45, 7) is 7.27. The van der Waals surface area contributed by atoms with Crippen molar-refractivity contribution in [3.8, 4) is 0 Å². The minimum atomic E-state index is -5.89. The van der Waals surface area contributed by atoms with Crippen LogP contribution < -0.4 is 0 Å². The Balaban J connectivity index is 2.35. The molecule has 2 rings (SSSR count). The van der Waals surface area contributed by atoms with E-state index in [0.29, 0.717) is 25.7 Å². The van der Waals surface area contributed by atoms with Gasteiger partial charge < -0.3 is 15.3 Å². The molecule has 9 heteroatoms. The van der Waals surface area contributed by atoms with E-state index in [2.05, 4.69) is 6.92 Å². The number of fused-ring (bicyclic) bond motifs is 1. The van der Waals surface area contributed by atoms with Crippen molar-refractivity contribution >= 4 is 0 Å². The van der Waals surface area contributed by atoms with Gasteiger partial charge in [-0.05, 0) is 87.5 Å². The van der Waals surface area contributed by atoms with Crippen LogP contribution in [-0.2, 0) is 0 Å². The zero-order chi connectivity index (χ0) is 25.5. The maximum absolute atomic E-state index is 13.1. The lowest BCUT2D eigenvalue weighted by Crippen LogP contribution is -2.55. The number of allylic oxidation sites excluding steroid dienone is 1. The molecule has 3 N–H and O–H groups in total. The molecule has 0 amide bonds. The zero-order valence-electron chi connectivity index (χ0n) is 19.9. The third-order valence-corrected chi connectivity index (χ3v) is 8.27. The minimum Gasteiger partial charge on any atom is -0.393 e. The van der Waals surface area contributed by atoms with Crippen molar-refractivity contribution in [2.24, 2.45) is 22.7 Å². The van der Waals surface area contributed by atoms with Crippen molar-refractivity contribution in [3.63, 3.8) is 0 Å². The summed E-state index contributed by atoms with van der Waals surface area (Å²) >= 11 is 0. The molecule has 194 valence electrons. The third-order valence-electron chi connectivity index (χ3n) is 8.27. The molecule has 2 saturated carbocycles. The Morgan fingerprint density at radius 2 is 1.48 bits per heavy atom. The van der Waals surface area contributed by atoms with E-state index in [-0.39, 0.29) is 29.7 Å². The van der Waals surface area contributed by atoms with E-state index in [0.717, 1.165) is 31.8 Å². The molecule has 2 fully saturated rings. The van der Waals surface area contributed by atoms with Gasteiger partial charge in [-0.25, -0.2) is 0 Å². The fourth-order valence-corrected chi connectivity index (χ4v) is 6.49. The molecule has 3 nitrogen and oxygen atoms in total. The lowest BCUT2D eigenvalue weighted by Gasteiger charge is -2.50. The summed E-state index contributed by atoms with van der Waals surface area (Å²) < 4.78 is 78.6. The highest BCUT2D eigenvalue weighted by Crippen LogP contribution is 2.62. The molecule has 0 radical (unpaired) electrons. The second-order valence-electron chi connectivity index (χ2n) is 11.4. The van der Waals surface area contributed by atoms with Crippen molar-refractivity contribution in [2.75, 3.05) is 0 Å². The molecule has 0 aromatic heterocycles. The maximum atomic E-state index is 13.1. The number of hydrogen-bond donors (Lipinski definition) is 3. The molecule has 0 heterocycles. The van der Waals surface area contributed by atoms with E-state index in [1.54, 1.807) is 13.8 Å². The number of alkyl halides is 6. The Kier molecular flexibility index (Phi) is 8.05. The van der Waals surface area contributed by atoms with Crippen molar-refractivity contribution in [1.29, 1.82) is 0 Å². The van der Waals surface area contributed by atoms with E-state index < -0.39 is 35.1 Å². The largest absolute Gasteiger partial charge is 0.429 e. The van der Waals surface area contributed by atoms with Crippen LogP contribution in [0, 0.1) is 22.7 Å². The first-order chi connectivity index (χ1) is 14.8. The highest BCUT2D eigenvalue weighted by Gasteiger charge is 2.69. The highest BCUT2D eigenvalue weighted by atomic mass is 19.4. The molecule has 0 aromatic carbocycles. The number of aliphatic hydroxyl groups excluding tert-OH is 1. The smallest absolute Gasteiger partial charge is 0.393 e. The summed E-state index contributed by atoms with van der Waals surface area (Å²) in [5.74, 6) is 0.0393. The average molecular weight is 489 g/mol. The van der Waals surface area contributed by atoms with Gasteiger partial charge in [0.2, 0.25) is 0 Å². The highest BCUT2D eigenvalue weighted by molar-refractivity contribution is 5.13. The third kappa shape index (κ3) is 5.89. The standard InChI is InChI=1S/C24H38F6O3/c1-19(2,32)11-6-12-20(3,13-7-15-22(33,23(25,26)27)24(28,29)30)18-10-9-16-17(31)8-5-14-21(16,18)4/h7,15-18,31-33H,5-6,8-14H2,1-4H3/b15-7+. The van der Waals surface area contributed by atoms with Crippen LogP contribution in [0.1, 0.15) is 85.5 Å². The molecule has 5 unspecified atom stereocenters. The second kappa shape index (κ2) is 9.34. The Morgan fingerprint density at radius 3 is 2.00 bits per heavy atom. The van der Waals surface area contributed by atoms with Gasteiger partial charge in [0.25, 0.3) is 5.60 Å². The van der Waals surface area contributed by atoms with Crippen molar-refractivity contribution in [3.05, 3.63) is 12.2 Å². The Hall–Kier alpha value is -0.800. The van der Waals surface area contributed by atoms with Gasteiger partial charge in [-0.2, -0.15) is 26.3 Å². The van der Waals surface area contributed by atoms with E-state index in [9.17, 15) is 41.7 Å². The molecule has 2 aliphatic rings. The molecule has 0 aromatic rings. The van der Waals surface area contributed by atoms with Gasteiger partial charge in [0, 0.05) is 0 Å². The second-order valence-corrected chi connectivity index (χ2v) is 11.4. The van der Waals surface area contributed by atoms with Crippen LogP contribution in [0.2, 0.25) is 0 Å². The van der Waals surface area contributed by atoms with Gasteiger partial charge >= 0.3 is 12.4 Å². The normalized spacial score (nSPS) is 31.6. The first-order valence-corrected chi connectivity index (χ1v) is 11.7. The summed E-state index contributed by atoms with van der Waals surface area (Å²) in [6, 6.07) is 0. The van der Waals surface area contributed by atoms with Crippen LogP contribution in [0.3, 0.4) is 0 Å². The van der Waals surface area contributed by atoms with E-state index in [4.69, 9.17) is 0 Å². The maximum Gasteiger partial charge on any atom is 0.429 e. The zero-order valence-corrected chi connectivity index (χ0v) is 19.9. The van der Waals surface area contributed by atoms with E-state index >= 15 is 0 Å². The first kappa shape index (κ1) is 28.4. The van der Waals surface area contributed by atoms with Crippen LogP contribution in [0.25, 0.3) is 0 Å².